The number of nitrogens with one attached hydrogen (secondary N) is 2. The van der Waals surface area contributed by atoms with Crippen molar-refractivity contribution in [2.75, 3.05) is 11.9 Å². The van der Waals surface area contributed by atoms with Crippen LogP contribution in [0.2, 0.25) is 5.02 Å². The van der Waals surface area contributed by atoms with Gasteiger partial charge in [0.25, 0.3) is 5.76 Å². The van der Waals surface area contributed by atoms with Crippen LogP contribution in [0.5, 0.6) is 11.5 Å². The Morgan fingerprint density at radius 3 is 2.70 bits per heavy atom. The minimum Gasteiger partial charge on any atom is -0.503 e. The second-order valence-electron chi connectivity index (χ2n) is 5.01. The lowest BCUT2D eigenvalue weighted by Crippen LogP contribution is -2.23. The molecule has 0 atom stereocenters. The largest absolute Gasteiger partial charge is 0.503 e. The van der Waals surface area contributed by atoms with Crippen LogP contribution in [-0.2, 0) is 0 Å². The monoisotopic (exact) mass is 431 g/mol. The summed E-state index contributed by atoms with van der Waals surface area (Å²) in [5, 5.41) is 17.0. The molecule has 0 spiro atoms. The van der Waals surface area contributed by atoms with E-state index >= 15 is 0 Å². The van der Waals surface area contributed by atoms with Crippen molar-refractivity contribution in [3.05, 3.63) is 47.0 Å². The number of ether oxygens (including phenoxy) is 1. The molecule has 0 radical (unpaired) electrons. The van der Waals surface area contributed by atoms with Crippen molar-refractivity contribution in [1.82, 2.24) is 5.43 Å². The molecule has 27 heavy (non-hydrogen) atoms. The number of benzene rings is 2. The summed E-state index contributed by atoms with van der Waals surface area (Å²) >= 11 is 11.5. The van der Waals surface area contributed by atoms with E-state index < -0.39 is 5.76 Å². The molecule has 0 saturated heterocycles. The predicted octanol–water partition coefficient (Wildman–Crippen LogP) is 5.08. The number of halogens is 3. The summed E-state index contributed by atoms with van der Waals surface area (Å²) in [5.41, 5.74) is 3.86. The fourth-order valence-electron chi connectivity index (χ4n) is 1.98. The Labute approximate surface area is 169 Å². The number of hydrogen-bond acceptors (Lipinski definition) is 5. The van der Waals surface area contributed by atoms with E-state index in [2.05, 4.69) is 15.8 Å². The molecule has 3 N–H and O–H groups in total. The molecule has 0 aliphatic rings. The Hall–Kier alpha value is -2.10. The average molecular weight is 432 g/mol. The third kappa shape index (κ3) is 6.85. The third-order valence-corrected chi connectivity index (χ3v) is 4.27. The molecular weight excluding hydrogens is 416 g/mol. The van der Waals surface area contributed by atoms with Gasteiger partial charge in [0.15, 0.2) is 16.6 Å². The molecule has 0 aliphatic carbocycles. The van der Waals surface area contributed by atoms with Crippen LogP contribution in [0.4, 0.5) is 14.5 Å². The fourth-order valence-corrected chi connectivity index (χ4v) is 2.87. The number of phenols is 1. The number of phenolic OH excluding ortho intramolecular Hbond substituents is 1. The van der Waals surface area contributed by atoms with Crippen LogP contribution >= 0.6 is 35.6 Å². The third-order valence-electron chi connectivity index (χ3n) is 3.07. The van der Waals surface area contributed by atoms with E-state index in [-0.39, 0.29) is 21.6 Å². The van der Waals surface area contributed by atoms with Crippen molar-refractivity contribution in [2.45, 2.75) is 17.6 Å². The van der Waals surface area contributed by atoms with Crippen LogP contribution in [0, 0.1) is 0 Å². The van der Waals surface area contributed by atoms with Gasteiger partial charge in [-0.3, -0.25) is 5.43 Å². The number of anilines is 1. The predicted molar refractivity (Wildman–Crippen MR) is 110 cm³/mol. The molecule has 0 unspecified atom stereocenters. The van der Waals surface area contributed by atoms with Crippen molar-refractivity contribution in [3.63, 3.8) is 0 Å². The van der Waals surface area contributed by atoms with Gasteiger partial charge < -0.3 is 15.2 Å². The van der Waals surface area contributed by atoms with Crippen LogP contribution in [0.3, 0.4) is 0 Å². The summed E-state index contributed by atoms with van der Waals surface area (Å²) in [6.07, 6.45) is 1.46. The number of thiocarbonyl (C=S) groups is 1. The number of hydrazone groups is 1. The first-order valence-corrected chi connectivity index (χ1v) is 9.36. The maximum absolute atomic E-state index is 12.3. The molecule has 0 aliphatic heterocycles. The normalized spacial score (nSPS) is 11.0. The number of nitrogens with zero attached hydrogens (tertiary/aromatic N) is 1. The minimum atomic E-state index is -2.46. The van der Waals surface area contributed by atoms with Gasteiger partial charge in [-0.1, -0.05) is 23.4 Å². The van der Waals surface area contributed by atoms with E-state index in [1.54, 1.807) is 37.3 Å². The first-order valence-electron chi connectivity index (χ1n) is 7.69. The lowest BCUT2D eigenvalue weighted by molar-refractivity contribution is 0.252. The smallest absolute Gasteiger partial charge is 0.288 e. The molecule has 0 fully saturated rings. The molecule has 0 saturated carbocycles. The van der Waals surface area contributed by atoms with Gasteiger partial charge in [-0.15, -0.1) is 0 Å². The number of hydrogen-bond donors (Lipinski definition) is 3. The van der Waals surface area contributed by atoms with E-state index in [1.165, 1.54) is 12.3 Å². The number of aromatic hydroxyl groups is 1. The maximum atomic E-state index is 12.3. The first kappa shape index (κ1) is 21.2. The Bertz CT molecular complexity index is 821. The van der Waals surface area contributed by atoms with Gasteiger partial charge in [0.05, 0.1) is 17.8 Å². The molecule has 2 rings (SSSR count). The lowest BCUT2D eigenvalue weighted by Gasteiger charge is -2.09. The van der Waals surface area contributed by atoms with E-state index in [0.29, 0.717) is 34.5 Å². The average Bonchev–Trinajstić information content (AvgIpc) is 2.60. The number of rotatable bonds is 7. The minimum absolute atomic E-state index is 0.130. The highest BCUT2D eigenvalue weighted by atomic mass is 35.5. The van der Waals surface area contributed by atoms with Gasteiger partial charge in [-0.25, -0.2) is 0 Å². The molecule has 0 amide bonds. The molecule has 0 aromatic heterocycles. The van der Waals surface area contributed by atoms with E-state index in [9.17, 15) is 13.9 Å². The topological polar surface area (TPSA) is 65.9 Å². The molecular formula is C17H16ClF2N3O2S2. The van der Waals surface area contributed by atoms with E-state index in [1.807, 2.05) is 0 Å². The Morgan fingerprint density at radius 2 is 2.07 bits per heavy atom. The van der Waals surface area contributed by atoms with Crippen LogP contribution < -0.4 is 15.5 Å². The van der Waals surface area contributed by atoms with Gasteiger partial charge in [-0.05, 0) is 61.1 Å². The summed E-state index contributed by atoms with van der Waals surface area (Å²) in [6, 6.07) is 9.52. The molecule has 2 aromatic rings. The highest BCUT2D eigenvalue weighted by Crippen LogP contribution is 2.34. The van der Waals surface area contributed by atoms with Crippen LogP contribution in [0.15, 0.2) is 46.4 Å². The quantitative estimate of drug-likeness (QED) is 0.246. The zero-order valence-corrected chi connectivity index (χ0v) is 16.5. The SMILES string of the molecule is CCOc1cc(/C=N/NC(=S)Nc2ccc(SC(F)F)cc2)cc(Cl)c1O. The lowest BCUT2D eigenvalue weighted by atomic mass is 10.2. The Morgan fingerprint density at radius 1 is 1.37 bits per heavy atom. The number of thioether (sulfide) groups is 1. The molecule has 0 heterocycles. The summed E-state index contributed by atoms with van der Waals surface area (Å²) in [7, 11) is 0. The van der Waals surface area contributed by atoms with Crippen LogP contribution in [0.1, 0.15) is 12.5 Å². The van der Waals surface area contributed by atoms with Crippen molar-refractivity contribution in [3.8, 4) is 11.5 Å². The van der Waals surface area contributed by atoms with Gasteiger partial charge >= 0.3 is 0 Å². The van der Waals surface area contributed by atoms with Gasteiger partial charge in [0.2, 0.25) is 0 Å². The molecule has 2 aromatic carbocycles. The summed E-state index contributed by atoms with van der Waals surface area (Å²) < 4.78 is 29.9. The standard InChI is InChI=1S/C17H16ClF2N3O2S2/c1-2-25-14-8-10(7-13(18)15(14)24)9-21-23-17(26)22-11-3-5-12(6-4-11)27-16(19)20/h3-9,16,24H,2H2,1H3,(H2,22,23,26)/b21-9+. The fraction of sp³-hybridized carbons (Fsp3) is 0.176. The molecule has 5 nitrogen and oxygen atoms in total. The van der Waals surface area contributed by atoms with Gasteiger partial charge in [-0.2, -0.15) is 13.9 Å². The Kier molecular flexibility index (Phi) is 8.08. The molecule has 10 heteroatoms. The van der Waals surface area contributed by atoms with Crippen molar-refractivity contribution in [1.29, 1.82) is 0 Å². The van der Waals surface area contributed by atoms with Crippen LogP contribution in [-0.4, -0.2) is 28.8 Å². The van der Waals surface area contributed by atoms with Gasteiger partial charge in [0.1, 0.15) is 0 Å². The summed E-state index contributed by atoms with van der Waals surface area (Å²) in [5.74, 6) is -2.33. The van der Waals surface area contributed by atoms with Crippen molar-refractivity contribution in [2.24, 2.45) is 5.10 Å². The summed E-state index contributed by atoms with van der Waals surface area (Å²) in [6.45, 7) is 2.17. The second-order valence-corrected chi connectivity index (χ2v) is 6.89. The molecule has 0 bridgehead atoms. The van der Waals surface area contributed by atoms with Crippen LogP contribution in [0.25, 0.3) is 0 Å². The zero-order chi connectivity index (χ0) is 19.8. The second kappa shape index (κ2) is 10.3. The van der Waals surface area contributed by atoms with Crippen molar-refractivity contribution >= 4 is 52.6 Å². The highest BCUT2D eigenvalue weighted by molar-refractivity contribution is 7.99. The van der Waals surface area contributed by atoms with Gasteiger partial charge in [0, 0.05) is 10.6 Å². The first-order chi connectivity index (χ1) is 12.9. The Balaban J connectivity index is 1.93. The van der Waals surface area contributed by atoms with E-state index in [4.69, 9.17) is 28.6 Å². The maximum Gasteiger partial charge on any atom is 0.288 e. The summed E-state index contributed by atoms with van der Waals surface area (Å²) in [4.78, 5) is 0.460. The zero-order valence-electron chi connectivity index (χ0n) is 14.1. The highest BCUT2D eigenvalue weighted by Gasteiger charge is 2.09. The van der Waals surface area contributed by atoms with Crippen molar-refractivity contribution < 1.29 is 18.6 Å². The van der Waals surface area contributed by atoms with E-state index in [0.717, 1.165) is 0 Å². The number of alkyl halides is 2. The molecule has 144 valence electrons.